The fraction of sp³-hybridized carbons (Fsp3) is 0.579. The third-order valence-electron chi connectivity index (χ3n) is 4.70. The molecule has 132 valence electrons. The number of amides is 1. The van der Waals surface area contributed by atoms with Crippen LogP contribution < -0.4 is 4.90 Å². The van der Waals surface area contributed by atoms with Crippen LogP contribution in [-0.4, -0.2) is 48.1 Å². The summed E-state index contributed by atoms with van der Waals surface area (Å²) in [4.78, 5) is 27.7. The van der Waals surface area contributed by atoms with Gasteiger partial charge in [0.05, 0.1) is 5.92 Å². The number of hydrogen-bond acceptors (Lipinski definition) is 3. The molecule has 24 heavy (non-hydrogen) atoms. The third kappa shape index (κ3) is 4.49. The van der Waals surface area contributed by atoms with Gasteiger partial charge in [-0.15, -0.1) is 0 Å². The maximum absolute atomic E-state index is 12.6. The second kappa shape index (κ2) is 8.71. The zero-order valence-corrected chi connectivity index (χ0v) is 14.7. The number of carbonyl (C=O) groups excluding carboxylic acids is 1. The van der Waals surface area contributed by atoms with Crippen molar-refractivity contribution >= 4 is 17.6 Å². The van der Waals surface area contributed by atoms with E-state index in [1.54, 1.807) is 4.90 Å². The van der Waals surface area contributed by atoms with E-state index < -0.39 is 11.9 Å². The molecule has 1 aromatic rings. The number of carboxylic acids is 1. The largest absolute Gasteiger partial charge is 0.481 e. The van der Waals surface area contributed by atoms with Crippen molar-refractivity contribution in [2.75, 3.05) is 31.1 Å². The van der Waals surface area contributed by atoms with Gasteiger partial charge in [0.2, 0.25) is 0 Å². The van der Waals surface area contributed by atoms with Crippen LogP contribution in [0.1, 0.15) is 49.9 Å². The Morgan fingerprint density at radius 3 is 2.54 bits per heavy atom. The van der Waals surface area contributed by atoms with E-state index in [1.165, 1.54) is 0 Å². The quantitative estimate of drug-likeness (QED) is 0.832. The van der Waals surface area contributed by atoms with Crippen LogP contribution in [0.25, 0.3) is 0 Å². The molecule has 1 aromatic carbocycles. The molecule has 1 unspecified atom stereocenters. The molecule has 0 saturated carbocycles. The summed E-state index contributed by atoms with van der Waals surface area (Å²) in [5, 5.41) is 9.16. The summed E-state index contributed by atoms with van der Waals surface area (Å²) in [6, 6.07) is 7.70. The molecule has 0 spiro atoms. The van der Waals surface area contributed by atoms with Crippen molar-refractivity contribution < 1.29 is 14.7 Å². The number of anilines is 1. The van der Waals surface area contributed by atoms with Crippen LogP contribution in [-0.2, 0) is 4.79 Å². The SMILES string of the molecule is CCCCN(CC)c1ccc(C(=O)N2CCCC(C(=O)O)C2)cc1. The van der Waals surface area contributed by atoms with Crippen molar-refractivity contribution in [2.24, 2.45) is 5.92 Å². The molecule has 1 N–H and O–H groups in total. The van der Waals surface area contributed by atoms with Crippen molar-refractivity contribution in [1.29, 1.82) is 0 Å². The van der Waals surface area contributed by atoms with Crippen LogP contribution in [0.4, 0.5) is 5.69 Å². The third-order valence-corrected chi connectivity index (χ3v) is 4.70. The first kappa shape index (κ1) is 18.3. The Morgan fingerprint density at radius 1 is 1.25 bits per heavy atom. The summed E-state index contributed by atoms with van der Waals surface area (Å²) in [7, 11) is 0. The molecule has 1 aliphatic rings. The van der Waals surface area contributed by atoms with E-state index in [9.17, 15) is 9.59 Å². The molecule has 1 fully saturated rings. The van der Waals surface area contributed by atoms with Crippen LogP contribution in [0.5, 0.6) is 0 Å². The minimum Gasteiger partial charge on any atom is -0.481 e. The van der Waals surface area contributed by atoms with Crippen LogP contribution in [0, 0.1) is 5.92 Å². The molecule has 2 rings (SSSR count). The zero-order valence-electron chi connectivity index (χ0n) is 14.7. The van der Waals surface area contributed by atoms with Crippen molar-refractivity contribution in [3.05, 3.63) is 29.8 Å². The average Bonchev–Trinajstić information content (AvgIpc) is 2.62. The number of carboxylic acid groups (broad SMARTS) is 1. The first-order valence-electron chi connectivity index (χ1n) is 8.93. The number of benzene rings is 1. The molecule has 0 bridgehead atoms. The zero-order chi connectivity index (χ0) is 17.5. The normalized spacial score (nSPS) is 17.6. The van der Waals surface area contributed by atoms with Gasteiger partial charge in [-0.3, -0.25) is 9.59 Å². The Kier molecular flexibility index (Phi) is 6.64. The minimum atomic E-state index is -0.808. The number of hydrogen-bond donors (Lipinski definition) is 1. The van der Waals surface area contributed by atoms with E-state index in [-0.39, 0.29) is 5.91 Å². The Morgan fingerprint density at radius 2 is 1.96 bits per heavy atom. The molecule has 0 aliphatic carbocycles. The summed E-state index contributed by atoms with van der Waals surface area (Å²) >= 11 is 0. The second-order valence-corrected chi connectivity index (χ2v) is 6.41. The van der Waals surface area contributed by atoms with Crippen LogP contribution in [0.15, 0.2) is 24.3 Å². The number of carbonyl (C=O) groups is 2. The van der Waals surface area contributed by atoms with Crippen molar-refractivity contribution in [3.63, 3.8) is 0 Å². The van der Waals surface area contributed by atoms with Gasteiger partial charge in [-0.05, 0) is 50.5 Å². The number of piperidine rings is 1. The molecule has 1 amide bonds. The molecular weight excluding hydrogens is 304 g/mol. The monoisotopic (exact) mass is 332 g/mol. The summed E-state index contributed by atoms with van der Waals surface area (Å²) in [5.41, 5.74) is 1.76. The highest BCUT2D eigenvalue weighted by Crippen LogP contribution is 2.21. The maximum Gasteiger partial charge on any atom is 0.308 e. The highest BCUT2D eigenvalue weighted by atomic mass is 16.4. The van der Waals surface area contributed by atoms with Gasteiger partial charge >= 0.3 is 5.97 Å². The topological polar surface area (TPSA) is 60.9 Å². The molecule has 1 heterocycles. The number of unbranched alkanes of at least 4 members (excludes halogenated alkanes) is 1. The number of aliphatic carboxylic acids is 1. The minimum absolute atomic E-state index is 0.0656. The van der Waals surface area contributed by atoms with Crippen LogP contribution >= 0.6 is 0 Å². The Balaban J connectivity index is 2.04. The van der Waals surface area contributed by atoms with E-state index in [0.29, 0.717) is 25.1 Å². The fourth-order valence-electron chi connectivity index (χ4n) is 3.18. The summed E-state index contributed by atoms with van der Waals surface area (Å²) in [6.45, 7) is 7.23. The standard InChI is InChI=1S/C19H28N2O3/c1-3-5-12-20(4-2)17-10-8-15(9-11-17)18(22)21-13-6-7-16(14-21)19(23)24/h8-11,16H,3-7,12-14H2,1-2H3,(H,23,24). The van der Waals surface area contributed by atoms with Gasteiger partial charge in [-0.25, -0.2) is 0 Å². The van der Waals surface area contributed by atoms with Gasteiger partial charge in [0.15, 0.2) is 0 Å². The molecular formula is C19H28N2O3. The first-order chi connectivity index (χ1) is 11.6. The van der Waals surface area contributed by atoms with Crippen molar-refractivity contribution in [1.82, 2.24) is 4.90 Å². The van der Waals surface area contributed by atoms with Gasteiger partial charge in [0.1, 0.15) is 0 Å². The lowest BCUT2D eigenvalue weighted by Gasteiger charge is -2.31. The Bertz CT molecular complexity index is 556. The predicted octanol–water partition coefficient (Wildman–Crippen LogP) is 3.25. The number of likely N-dealkylation sites (tertiary alicyclic amines) is 1. The number of rotatable bonds is 7. The van der Waals surface area contributed by atoms with E-state index in [0.717, 1.165) is 38.0 Å². The molecule has 5 nitrogen and oxygen atoms in total. The van der Waals surface area contributed by atoms with Gasteiger partial charge in [-0.1, -0.05) is 13.3 Å². The fourth-order valence-corrected chi connectivity index (χ4v) is 3.18. The van der Waals surface area contributed by atoms with E-state index in [1.807, 2.05) is 24.3 Å². The summed E-state index contributed by atoms with van der Waals surface area (Å²) in [6.07, 6.45) is 3.72. The average molecular weight is 332 g/mol. The van der Waals surface area contributed by atoms with E-state index >= 15 is 0 Å². The molecule has 1 aliphatic heterocycles. The highest BCUT2D eigenvalue weighted by Gasteiger charge is 2.28. The van der Waals surface area contributed by atoms with Crippen molar-refractivity contribution in [2.45, 2.75) is 39.5 Å². The Labute approximate surface area is 144 Å². The van der Waals surface area contributed by atoms with Crippen LogP contribution in [0.3, 0.4) is 0 Å². The molecule has 0 aromatic heterocycles. The molecule has 5 heteroatoms. The summed E-state index contributed by atoms with van der Waals surface area (Å²) < 4.78 is 0. The van der Waals surface area contributed by atoms with Gasteiger partial charge in [0, 0.05) is 37.4 Å². The smallest absolute Gasteiger partial charge is 0.308 e. The van der Waals surface area contributed by atoms with Gasteiger partial charge < -0.3 is 14.9 Å². The lowest BCUT2D eigenvalue weighted by atomic mass is 9.97. The van der Waals surface area contributed by atoms with Crippen LogP contribution in [0.2, 0.25) is 0 Å². The van der Waals surface area contributed by atoms with E-state index in [4.69, 9.17) is 5.11 Å². The lowest BCUT2D eigenvalue weighted by molar-refractivity contribution is -0.143. The van der Waals surface area contributed by atoms with E-state index in [2.05, 4.69) is 18.7 Å². The molecule has 0 radical (unpaired) electrons. The highest BCUT2D eigenvalue weighted by molar-refractivity contribution is 5.95. The lowest BCUT2D eigenvalue weighted by Crippen LogP contribution is -2.42. The maximum atomic E-state index is 12.6. The van der Waals surface area contributed by atoms with Gasteiger partial charge in [0.25, 0.3) is 5.91 Å². The first-order valence-corrected chi connectivity index (χ1v) is 8.93. The van der Waals surface area contributed by atoms with Gasteiger partial charge in [-0.2, -0.15) is 0 Å². The molecule has 1 atom stereocenters. The predicted molar refractivity (Wildman–Crippen MR) is 95.5 cm³/mol. The number of nitrogens with zero attached hydrogens (tertiary/aromatic N) is 2. The van der Waals surface area contributed by atoms with Crippen molar-refractivity contribution in [3.8, 4) is 0 Å². The second-order valence-electron chi connectivity index (χ2n) is 6.41. The summed E-state index contributed by atoms with van der Waals surface area (Å²) in [5.74, 6) is -1.31. The molecule has 1 saturated heterocycles. The Hall–Kier alpha value is -2.04.